The molecule has 3 saturated heterocycles. The Balaban J connectivity index is 1.93. The zero-order chi connectivity index (χ0) is 40.3. The third-order valence-electron chi connectivity index (χ3n) is 7.76. The Bertz CT molecular complexity index is 1150. The molecule has 55 heavy (non-hydrogen) atoms. The van der Waals surface area contributed by atoms with Gasteiger partial charge in [0, 0.05) is 41.5 Å². The number of fused-ring (bicyclic) bond motifs is 2. The highest BCUT2D eigenvalue weighted by Crippen LogP contribution is 2.32. The molecular weight excluding hydrogens is 744 g/mol. The van der Waals surface area contributed by atoms with E-state index in [4.69, 9.17) is 71.1 Å². The van der Waals surface area contributed by atoms with Gasteiger partial charge in [-0.2, -0.15) is 0 Å². The van der Waals surface area contributed by atoms with Crippen molar-refractivity contribution in [2.45, 2.75) is 103 Å². The molecule has 0 aromatic carbocycles. The summed E-state index contributed by atoms with van der Waals surface area (Å²) in [4.78, 5) is 72.4. The van der Waals surface area contributed by atoms with Crippen molar-refractivity contribution in [1.82, 2.24) is 0 Å². The second kappa shape index (κ2) is 24.2. The average molecular weight is 797 g/mol. The van der Waals surface area contributed by atoms with Crippen molar-refractivity contribution in [3.05, 3.63) is 0 Å². The van der Waals surface area contributed by atoms with E-state index in [9.17, 15) is 28.8 Å². The third-order valence-corrected chi connectivity index (χ3v) is 7.76. The van der Waals surface area contributed by atoms with Gasteiger partial charge in [-0.25, -0.2) is 0 Å². The summed E-state index contributed by atoms with van der Waals surface area (Å²) < 4.78 is 85.6. The Morgan fingerprint density at radius 1 is 0.400 bits per heavy atom. The van der Waals surface area contributed by atoms with Crippen LogP contribution in [0.4, 0.5) is 0 Å². The van der Waals surface area contributed by atoms with Crippen LogP contribution in [0, 0.1) is 0 Å². The molecule has 0 saturated carbocycles. The van der Waals surface area contributed by atoms with Crippen LogP contribution >= 0.6 is 0 Å². The first-order valence-corrected chi connectivity index (χ1v) is 17.7. The monoisotopic (exact) mass is 796 g/mol. The predicted molar refractivity (Wildman–Crippen MR) is 177 cm³/mol. The molecular formula is C34H52O21. The molecule has 314 valence electrons. The number of carbonyl (C=O) groups excluding carboxylic acids is 6. The summed E-state index contributed by atoms with van der Waals surface area (Å²) in [5, 5.41) is 0. The smallest absolute Gasteiger partial charge is 0.303 e. The lowest BCUT2D eigenvalue weighted by Gasteiger charge is -2.45. The fraction of sp³-hybridized carbons (Fsp3) is 0.824. The van der Waals surface area contributed by atoms with E-state index in [1.807, 2.05) is 0 Å². The molecule has 0 amide bonds. The van der Waals surface area contributed by atoms with Crippen LogP contribution in [0.15, 0.2) is 0 Å². The molecule has 0 bridgehead atoms. The van der Waals surface area contributed by atoms with E-state index in [0.717, 1.165) is 27.7 Å². The number of ether oxygens (including phenoxy) is 15. The molecule has 3 rings (SSSR count). The minimum Gasteiger partial charge on any atom is -0.463 e. The maximum absolute atomic E-state index is 12.3. The standard InChI is InChI=1S/C34H52O21/c1-19(35)48-17-25-27(50-21(3)37)29(52-23(5)39)31-33(54-25)46-15-16-47-34-32(45-14-12-43-10-8-41-7-9-42-11-13-44-31)30(53-24(6)40)28(51-22(4)38)26(55-34)18-49-20(2)36/h25-34H,7-18H2,1-6H3/t25-,26-,27-,28-,29+,30+,31-,32-,33-,34-/m1/s1. The lowest BCUT2D eigenvalue weighted by molar-refractivity contribution is -0.328. The van der Waals surface area contributed by atoms with Gasteiger partial charge in [-0.1, -0.05) is 0 Å². The Kier molecular flexibility index (Phi) is 20.1. The lowest BCUT2D eigenvalue weighted by Crippen LogP contribution is -2.63. The highest BCUT2D eigenvalue weighted by atomic mass is 16.8. The molecule has 0 aliphatic carbocycles. The van der Waals surface area contributed by atoms with Crippen molar-refractivity contribution in [2.75, 3.05) is 79.3 Å². The summed E-state index contributed by atoms with van der Waals surface area (Å²) in [6.07, 6.45) is -12.6. The molecule has 3 fully saturated rings. The van der Waals surface area contributed by atoms with Crippen molar-refractivity contribution in [3.8, 4) is 0 Å². The van der Waals surface area contributed by atoms with Crippen LogP contribution in [0.1, 0.15) is 41.5 Å². The first-order chi connectivity index (χ1) is 26.3. The zero-order valence-corrected chi connectivity index (χ0v) is 31.8. The van der Waals surface area contributed by atoms with Gasteiger partial charge < -0.3 is 71.1 Å². The zero-order valence-electron chi connectivity index (χ0n) is 31.8. The van der Waals surface area contributed by atoms with Gasteiger partial charge in [0.15, 0.2) is 37.0 Å². The molecule has 10 atom stereocenters. The fourth-order valence-corrected chi connectivity index (χ4v) is 5.72. The molecule has 0 aromatic rings. The number of carbonyl (C=O) groups is 6. The van der Waals surface area contributed by atoms with Gasteiger partial charge in [-0.3, -0.25) is 28.8 Å². The molecule has 3 aliphatic heterocycles. The summed E-state index contributed by atoms with van der Waals surface area (Å²) >= 11 is 0. The van der Waals surface area contributed by atoms with Gasteiger partial charge in [0.05, 0.1) is 66.1 Å². The van der Waals surface area contributed by atoms with E-state index in [2.05, 4.69) is 0 Å². The van der Waals surface area contributed by atoms with E-state index in [-0.39, 0.29) is 66.1 Å². The van der Waals surface area contributed by atoms with Gasteiger partial charge in [-0.05, 0) is 0 Å². The molecule has 0 unspecified atom stereocenters. The second-order valence-electron chi connectivity index (χ2n) is 12.2. The molecule has 21 heteroatoms. The highest BCUT2D eigenvalue weighted by molar-refractivity contribution is 5.68. The average Bonchev–Trinajstić information content (AvgIpc) is 3.09. The van der Waals surface area contributed by atoms with E-state index in [1.54, 1.807) is 0 Å². The minimum atomic E-state index is -1.33. The summed E-state index contributed by atoms with van der Waals surface area (Å²) in [5.74, 6) is -4.25. The maximum Gasteiger partial charge on any atom is 0.303 e. The largest absolute Gasteiger partial charge is 0.463 e. The SMILES string of the molecule is CC(=O)OC[C@H]1O[C@H]2OCCO[C@@H]3O[C@H](COC(C)=O)[C@@H](OC(C)=O)[C@H](OC(C)=O)[C@H]3OCCOCCOCCOCCO[C@@H]2[C@@H](OC(C)=O)[C@@H]1OC(C)=O. The van der Waals surface area contributed by atoms with Crippen molar-refractivity contribution >= 4 is 35.8 Å². The Labute approximate surface area is 317 Å². The van der Waals surface area contributed by atoms with Gasteiger partial charge in [0.1, 0.15) is 37.6 Å². The Morgan fingerprint density at radius 3 is 1.00 bits per heavy atom. The number of esters is 6. The third kappa shape index (κ3) is 16.2. The molecule has 0 N–H and O–H groups in total. The Hall–Kier alpha value is -3.54. The van der Waals surface area contributed by atoms with Crippen LogP contribution < -0.4 is 0 Å². The summed E-state index contributed by atoms with van der Waals surface area (Å²) in [6.45, 7) is 6.59. The van der Waals surface area contributed by atoms with Gasteiger partial charge in [0.25, 0.3) is 0 Å². The highest BCUT2D eigenvalue weighted by Gasteiger charge is 2.53. The summed E-state index contributed by atoms with van der Waals surface area (Å²) in [5.41, 5.74) is 0. The normalized spacial score (nSPS) is 31.7. The van der Waals surface area contributed by atoms with E-state index in [1.165, 1.54) is 13.8 Å². The van der Waals surface area contributed by atoms with Crippen LogP contribution in [0.3, 0.4) is 0 Å². The topological polar surface area (TPSA) is 241 Å². The second-order valence-corrected chi connectivity index (χ2v) is 12.2. The van der Waals surface area contributed by atoms with Crippen LogP contribution in [-0.2, 0) is 99.8 Å². The van der Waals surface area contributed by atoms with Gasteiger partial charge in [0.2, 0.25) is 0 Å². The van der Waals surface area contributed by atoms with E-state index >= 15 is 0 Å². The van der Waals surface area contributed by atoms with Crippen molar-refractivity contribution in [3.63, 3.8) is 0 Å². The van der Waals surface area contributed by atoms with E-state index < -0.39 is 110 Å². The van der Waals surface area contributed by atoms with Gasteiger partial charge >= 0.3 is 35.8 Å². The number of hydrogen-bond donors (Lipinski definition) is 0. The fourth-order valence-electron chi connectivity index (χ4n) is 5.72. The molecule has 0 spiro atoms. The summed E-state index contributed by atoms with van der Waals surface area (Å²) in [7, 11) is 0. The van der Waals surface area contributed by atoms with E-state index in [0.29, 0.717) is 0 Å². The number of hydrogen-bond acceptors (Lipinski definition) is 21. The molecule has 0 radical (unpaired) electrons. The number of rotatable bonds is 8. The van der Waals surface area contributed by atoms with Crippen LogP contribution in [0.5, 0.6) is 0 Å². The first-order valence-electron chi connectivity index (χ1n) is 17.7. The Morgan fingerprint density at radius 2 is 0.691 bits per heavy atom. The van der Waals surface area contributed by atoms with Crippen LogP contribution in [-0.4, -0.2) is 177 Å². The quantitative estimate of drug-likeness (QED) is 0.215. The molecule has 0 aromatic heterocycles. The molecule has 3 heterocycles. The predicted octanol–water partition coefficient (Wildman–Crippen LogP) is -0.844. The van der Waals surface area contributed by atoms with Gasteiger partial charge in [-0.15, -0.1) is 0 Å². The van der Waals surface area contributed by atoms with Crippen molar-refractivity contribution < 1.29 is 99.8 Å². The summed E-state index contributed by atoms with van der Waals surface area (Å²) in [6, 6.07) is 0. The maximum atomic E-state index is 12.3. The minimum absolute atomic E-state index is 0.0492. The molecule has 3 aliphatic rings. The van der Waals surface area contributed by atoms with Crippen LogP contribution in [0.2, 0.25) is 0 Å². The van der Waals surface area contributed by atoms with Crippen molar-refractivity contribution in [2.24, 2.45) is 0 Å². The van der Waals surface area contributed by atoms with Crippen molar-refractivity contribution in [1.29, 1.82) is 0 Å². The van der Waals surface area contributed by atoms with Crippen LogP contribution in [0.25, 0.3) is 0 Å². The first kappa shape index (κ1) is 45.8. The molecule has 21 nitrogen and oxygen atoms in total. The lowest BCUT2D eigenvalue weighted by atomic mass is 9.98.